The molecule has 1 aromatic heterocycles. The number of aromatic nitrogens is 1. The van der Waals surface area contributed by atoms with Crippen molar-refractivity contribution in [1.82, 2.24) is 10.3 Å². The molecule has 1 fully saturated rings. The fourth-order valence-electron chi connectivity index (χ4n) is 3.40. The SMILES string of the molecule is CCc1ccc(CC2CC(C)CCC2CNC)nc1. The van der Waals surface area contributed by atoms with Gasteiger partial charge in [-0.05, 0) is 68.7 Å². The maximum Gasteiger partial charge on any atom is 0.0406 e. The summed E-state index contributed by atoms with van der Waals surface area (Å²) in [6.07, 6.45) is 8.42. The summed E-state index contributed by atoms with van der Waals surface area (Å²) >= 11 is 0. The third kappa shape index (κ3) is 4.04. The van der Waals surface area contributed by atoms with Gasteiger partial charge in [-0.2, -0.15) is 0 Å². The first-order valence-electron chi connectivity index (χ1n) is 7.81. The van der Waals surface area contributed by atoms with Crippen LogP contribution in [0, 0.1) is 17.8 Å². The van der Waals surface area contributed by atoms with Crippen LogP contribution in [0.1, 0.15) is 44.4 Å². The number of hydrogen-bond acceptors (Lipinski definition) is 2. The zero-order chi connectivity index (χ0) is 13.7. The summed E-state index contributed by atoms with van der Waals surface area (Å²) in [6, 6.07) is 4.47. The van der Waals surface area contributed by atoms with Crippen LogP contribution in [0.4, 0.5) is 0 Å². The van der Waals surface area contributed by atoms with E-state index < -0.39 is 0 Å². The van der Waals surface area contributed by atoms with Crippen molar-refractivity contribution in [3.8, 4) is 0 Å². The smallest absolute Gasteiger partial charge is 0.0406 e. The molecule has 0 saturated heterocycles. The lowest BCUT2D eigenvalue weighted by Gasteiger charge is -2.34. The Balaban J connectivity index is 2.00. The molecule has 1 heterocycles. The van der Waals surface area contributed by atoms with Crippen LogP contribution >= 0.6 is 0 Å². The van der Waals surface area contributed by atoms with Crippen molar-refractivity contribution in [1.29, 1.82) is 0 Å². The highest BCUT2D eigenvalue weighted by atomic mass is 14.8. The Kier molecular flexibility index (Phi) is 5.38. The highest BCUT2D eigenvalue weighted by Crippen LogP contribution is 2.35. The first-order valence-corrected chi connectivity index (χ1v) is 7.81. The molecule has 1 N–H and O–H groups in total. The van der Waals surface area contributed by atoms with Gasteiger partial charge >= 0.3 is 0 Å². The monoisotopic (exact) mass is 260 g/mol. The van der Waals surface area contributed by atoms with Crippen LogP contribution in [0.2, 0.25) is 0 Å². The summed E-state index contributed by atoms with van der Waals surface area (Å²) in [4.78, 5) is 4.64. The predicted octanol–water partition coefficient (Wildman–Crippen LogP) is 3.46. The van der Waals surface area contributed by atoms with Gasteiger partial charge in [-0.1, -0.05) is 26.3 Å². The van der Waals surface area contributed by atoms with Gasteiger partial charge in [0.2, 0.25) is 0 Å². The normalized spacial score (nSPS) is 27.4. The third-order valence-electron chi connectivity index (χ3n) is 4.63. The summed E-state index contributed by atoms with van der Waals surface area (Å²) < 4.78 is 0. The fraction of sp³-hybridized carbons (Fsp3) is 0.706. The molecule has 0 aliphatic heterocycles. The summed E-state index contributed by atoms with van der Waals surface area (Å²) in [5, 5.41) is 3.37. The van der Waals surface area contributed by atoms with E-state index in [9.17, 15) is 0 Å². The second-order valence-corrected chi connectivity index (χ2v) is 6.21. The standard InChI is InChI=1S/C17H28N2/c1-4-14-6-8-17(19-11-14)10-16-9-13(2)5-7-15(16)12-18-3/h6,8,11,13,15-16,18H,4-5,7,9-10,12H2,1-3H3. The van der Waals surface area contributed by atoms with Gasteiger partial charge in [0.05, 0.1) is 0 Å². The molecule has 1 saturated carbocycles. The van der Waals surface area contributed by atoms with Crippen molar-refractivity contribution >= 4 is 0 Å². The van der Waals surface area contributed by atoms with E-state index in [-0.39, 0.29) is 0 Å². The minimum Gasteiger partial charge on any atom is -0.319 e. The first-order chi connectivity index (χ1) is 9.22. The van der Waals surface area contributed by atoms with Crippen LogP contribution < -0.4 is 5.32 Å². The molecule has 1 aliphatic carbocycles. The lowest BCUT2D eigenvalue weighted by Crippen LogP contribution is -2.32. The zero-order valence-electron chi connectivity index (χ0n) is 12.7. The molecule has 1 aromatic rings. The highest BCUT2D eigenvalue weighted by molar-refractivity contribution is 5.14. The molecule has 0 radical (unpaired) electrons. The van der Waals surface area contributed by atoms with Crippen molar-refractivity contribution in [3.63, 3.8) is 0 Å². The van der Waals surface area contributed by atoms with Crippen molar-refractivity contribution < 1.29 is 0 Å². The second kappa shape index (κ2) is 7.04. The first kappa shape index (κ1) is 14.5. The summed E-state index contributed by atoms with van der Waals surface area (Å²) in [5.74, 6) is 2.51. The Labute approximate surface area is 118 Å². The molecule has 0 bridgehead atoms. The van der Waals surface area contributed by atoms with Gasteiger partial charge in [0, 0.05) is 11.9 Å². The van der Waals surface area contributed by atoms with Crippen molar-refractivity contribution in [2.75, 3.05) is 13.6 Å². The van der Waals surface area contributed by atoms with Crippen LogP contribution in [-0.4, -0.2) is 18.6 Å². The highest BCUT2D eigenvalue weighted by Gasteiger charge is 2.28. The van der Waals surface area contributed by atoms with Gasteiger partial charge in [0.25, 0.3) is 0 Å². The number of rotatable bonds is 5. The number of nitrogens with one attached hydrogen (secondary N) is 1. The van der Waals surface area contributed by atoms with Crippen LogP contribution in [0.15, 0.2) is 18.3 Å². The lowest BCUT2D eigenvalue weighted by molar-refractivity contribution is 0.185. The Morgan fingerprint density at radius 2 is 2.11 bits per heavy atom. The number of pyridine rings is 1. The van der Waals surface area contributed by atoms with Crippen molar-refractivity contribution in [2.45, 2.75) is 46.0 Å². The van der Waals surface area contributed by atoms with Gasteiger partial charge in [-0.15, -0.1) is 0 Å². The maximum atomic E-state index is 4.64. The number of nitrogens with zero attached hydrogens (tertiary/aromatic N) is 1. The molecule has 3 unspecified atom stereocenters. The predicted molar refractivity (Wildman–Crippen MR) is 81.2 cm³/mol. The molecule has 2 nitrogen and oxygen atoms in total. The van der Waals surface area contributed by atoms with E-state index in [0.717, 1.165) is 37.1 Å². The molecule has 3 atom stereocenters. The molecule has 0 aromatic carbocycles. The second-order valence-electron chi connectivity index (χ2n) is 6.21. The minimum atomic E-state index is 0.802. The largest absolute Gasteiger partial charge is 0.319 e. The topological polar surface area (TPSA) is 24.9 Å². The van der Waals surface area contributed by atoms with Crippen LogP contribution in [0.25, 0.3) is 0 Å². The zero-order valence-corrected chi connectivity index (χ0v) is 12.7. The molecule has 2 rings (SSSR count). The van der Waals surface area contributed by atoms with Crippen LogP contribution in [0.3, 0.4) is 0 Å². The van der Waals surface area contributed by atoms with E-state index in [2.05, 4.69) is 49.5 Å². The summed E-state index contributed by atoms with van der Waals surface area (Å²) in [5.41, 5.74) is 2.62. The molecular formula is C17H28N2. The van der Waals surface area contributed by atoms with Gasteiger partial charge in [-0.25, -0.2) is 0 Å². The number of aryl methyl sites for hydroxylation is 1. The average molecular weight is 260 g/mol. The Morgan fingerprint density at radius 1 is 1.26 bits per heavy atom. The van der Waals surface area contributed by atoms with E-state index >= 15 is 0 Å². The molecular weight excluding hydrogens is 232 g/mol. The van der Waals surface area contributed by atoms with E-state index in [0.29, 0.717) is 0 Å². The lowest BCUT2D eigenvalue weighted by atomic mass is 9.72. The van der Waals surface area contributed by atoms with Gasteiger partial charge in [0.1, 0.15) is 0 Å². The van der Waals surface area contributed by atoms with Gasteiger partial charge < -0.3 is 5.32 Å². The van der Waals surface area contributed by atoms with E-state index in [1.807, 2.05) is 0 Å². The summed E-state index contributed by atoms with van der Waals surface area (Å²) in [6.45, 7) is 5.74. The molecule has 19 heavy (non-hydrogen) atoms. The molecule has 0 amide bonds. The molecule has 0 spiro atoms. The summed E-state index contributed by atoms with van der Waals surface area (Å²) in [7, 11) is 2.07. The fourth-order valence-corrected chi connectivity index (χ4v) is 3.40. The maximum absolute atomic E-state index is 4.64. The van der Waals surface area contributed by atoms with Crippen LogP contribution in [-0.2, 0) is 12.8 Å². The minimum absolute atomic E-state index is 0.802. The average Bonchev–Trinajstić information content (AvgIpc) is 2.43. The number of hydrogen-bond donors (Lipinski definition) is 1. The quantitative estimate of drug-likeness (QED) is 0.877. The molecule has 1 aliphatic rings. The Bertz CT molecular complexity index is 371. The molecule has 2 heteroatoms. The third-order valence-corrected chi connectivity index (χ3v) is 4.63. The van der Waals surface area contributed by atoms with E-state index in [4.69, 9.17) is 0 Å². The van der Waals surface area contributed by atoms with Gasteiger partial charge in [-0.3, -0.25) is 4.98 Å². The van der Waals surface area contributed by atoms with E-state index in [1.165, 1.54) is 30.5 Å². The van der Waals surface area contributed by atoms with Crippen LogP contribution in [0.5, 0.6) is 0 Å². The van der Waals surface area contributed by atoms with Crippen molar-refractivity contribution in [2.24, 2.45) is 17.8 Å². The van der Waals surface area contributed by atoms with E-state index in [1.54, 1.807) is 0 Å². The Hall–Kier alpha value is -0.890. The van der Waals surface area contributed by atoms with Crippen molar-refractivity contribution in [3.05, 3.63) is 29.6 Å². The Morgan fingerprint density at radius 3 is 2.74 bits per heavy atom. The molecule has 106 valence electrons. The van der Waals surface area contributed by atoms with Gasteiger partial charge in [0.15, 0.2) is 0 Å².